The van der Waals surface area contributed by atoms with Crippen LogP contribution in [0.25, 0.3) is 0 Å². The van der Waals surface area contributed by atoms with Gasteiger partial charge >= 0.3 is 5.97 Å². The molecule has 1 amide bonds. The molecule has 0 aliphatic rings. The van der Waals surface area contributed by atoms with Gasteiger partial charge in [0.05, 0.1) is 25.4 Å². The van der Waals surface area contributed by atoms with Crippen LogP contribution < -0.4 is 5.32 Å². The van der Waals surface area contributed by atoms with Crippen molar-refractivity contribution in [2.24, 2.45) is 0 Å². The van der Waals surface area contributed by atoms with E-state index in [1.807, 2.05) is 6.08 Å². The van der Waals surface area contributed by atoms with Crippen molar-refractivity contribution >= 4 is 11.9 Å². The van der Waals surface area contributed by atoms with Crippen molar-refractivity contribution in [1.82, 2.24) is 5.32 Å². The molecule has 0 saturated heterocycles. The van der Waals surface area contributed by atoms with Crippen LogP contribution in [0.5, 0.6) is 0 Å². The molecule has 0 aromatic rings. The second-order valence-electron chi connectivity index (χ2n) is 22.8. The van der Waals surface area contributed by atoms with E-state index in [4.69, 9.17) is 4.74 Å². The van der Waals surface area contributed by atoms with Gasteiger partial charge in [0, 0.05) is 12.8 Å². The first-order chi connectivity index (χ1) is 36.5. The zero-order valence-corrected chi connectivity index (χ0v) is 49.8. The van der Waals surface area contributed by atoms with E-state index in [1.54, 1.807) is 6.08 Å². The van der Waals surface area contributed by atoms with E-state index < -0.39 is 12.1 Å². The lowest BCUT2D eigenvalue weighted by Gasteiger charge is -2.20. The highest BCUT2D eigenvalue weighted by atomic mass is 16.5. The van der Waals surface area contributed by atoms with E-state index in [1.165, 1.54) is 250 Å². The smallest absolute Gasteiger partial charge is 0.305 e. The fourth-order valence-electron chi connectivity index (χ4n) is 10.3. The van der Waals surface area contributed by atoms with Crippen LogP contribution in [0.4, 0.5) is 0 Å². The Balaban J connectivity index is 3.49. The molecule has 2 unspecified atom stereocenters. The monoisotopic (exact) mass is 1040 g/mol. The lowest BCUT2D eigenvalue weighted by molar-refractivity contribution is -0.143. The Morgan fingerprint density at radius 2 is 0.676 bits per heavy atom. The number of unbranched alkanes of at least 4 members (excludes halogenated alkanes) is 47. The van der Waals surface area contributed by atoms with Crippen molar-refractivity contribution in [2.45, 2.75) is 373 Å². The minimum atomic E-state index is -0.856. The lowest BCUT2D eigenvalue weighted by atomic mass is 10.0. The van der Waals surface area contributed by atoms with Gasteiger partial charge in [0.25, 0.3) is 0 Å². The second kappa shape index (κ2) is 63.6. The van der Waals surface area contributed by atoms with Gasteiger partial charge in [-0.2, -0.15) is 0 Å². The SMILES string of the molecule is CCCCCCCCCCCCCCCCCCCCC/C=C/C(O)C(CO)NC(=O)CCCCCCCCC/C=C\C/C=C\CCCCCOC(=O)CCCCCCCCCCCCCCCCCCCCC. The van der Waals surface area contributed by atoms with E-state index in [0.29, 0.717) is 19.4 Å². The van der Waals surface area contributed by atoms with Crippen LogP contribution in [-0.4, -0.2) is 47.4 Å². The van der Waals surface area contributed by atoms with Crippen LogP contribution in [0.3, 0.4) is 0 Å². The van der Waals surface area contributed by atoms with Gasteiger partial charge in [-0.1, -0.05) is 314 Å². The molecule has 0 spiro atoms. The zero-order chi connectivity index (χ0) is 53.6. The number of rotatable bonds is 62. The van der Waals surface area contributed by atoms with Crippen LogP contribution in [0, 0.1) is 0 Å². The Bertz CT molecular complexity index is 1200. The number of amides is 1. The zero-order valence-electron chi connectivity index (χ0n) is 49.8. The van der Waals surface area contributed by atoms with Gasteiger partial charge < -0.3 is 20.3 Å². The highest BCUT2D eigenvalue weighted by molar-refractivity contribution is 5.76. The summed E-state index contributed by atoms with van der Waals surface area (Å²) in [5.41, 5.74) is 0. The highest BCUT2D eigenvalue weighted by Crippen LogP contribution is 2.18. The molecule has 3 N–H and O–H groups in total. The van der Waals surface area contributed by atoms with Crippen molar-refractivity contribution in [3.63, 3.8) is 0 Å². The molecule has 0 rings (SSSR count). The molecule has 0 aliphatic heterocycles. The normalized spacial score (nSPS) is 12.8. The summed E-state index contributed by atoms with van der Waals surface area (Å²) in [6.45, 7) is 4.89. The summed E-state index contributed by atoms with van der Waals surface area (Å²) in [4.78, 5) is 24.6. The maximum absolute atomic E-state index is 12.5. The topological polar surface area (TPSA) is 95.9 Å². The third-order valence-electron chi connectivity index (χ3n) is 15.4. The molecular formula is C68H129NO5. The molecule has 6 nitrogen and oxygen atoms in total. The van der Waals surface area contributed by atoms with E-state index in [2.05, 4.69) is 43.5 Å². The quantitative estimate of drug-likeness (QED) is 0.0320. The third-order valence-corrected chi connectivity index (χ3v) is 15.4. The average Bonchev–Trinajstić information content (AvgIpc) is 3.40. The highest BCUT2D eigenvalue weighted by Gasteiger charge is 2.18. The first-order valence-electron chi connectivity index (χ1n) is 33.3. The average molecular weight is 1040 g/mol. The summed E-state index contributed by atoms with van der Waals surface area (Å²) < 4.78 is 5.48. The van der Waals surface area contributed by atoms with Gasteiger partial charge in [-0.25, -0.2) is 0 Å². The van der Waals surface area contributed by atoms with E-state index in [-0.39, 0.29) is 18.5 Å². The van der Waals surface area contributed by atoms with Crippen molar-refractivity contribution < 1.29 is 24.5 Å². The number of esters is 1. The molecule has 436 valence electrons. The Morgan fingerprint density at radius 3 is 1.03 bits per heavy atom. The first-order valence-corrected chi connectivity index (χ1v) is 33.3. The Hall–Kier alpha value is -1.92. The molecule has 0 heterocycles. The molecule has 0 radical (unpaired) electrons. The van der Waals surface area contributed by atoms with Crippen LogP contribution in [0.15, 0.2) is 36.5 Å². The summed E-state index contributed by atoms with van der Waals surface area (Å²) in [7, 11) is 0. The molecule has 0 aromatic carbocycles. The standard InChI is InChI=1S/C68H129NO5/c1-3-5-7-9-11-13-15-17-19-21-23-24-26-28-32-36-40-44-48-52-56-60-66(71)65(64-70)69-67(72)61-57-53-49-45-41-37-33-29-27-31-35-39-43-47-51-55-59-63-74-68(73)62-58-54-50-46-42-38-34-30-25-22-20-18-16-14-12-10-8-6-4-2/h27,31,39,43,56,60,65-66,70-71H,3-26,28-30,32-38,40-42,44-55,57-59,61-64H2,1-2H3,(H,69,72)/b31-27-,43-39-,60-56+. The molecule has 0 fully saturated rings. The van der Waals surface area contributed by atoms with Gasteiger partial charge in [0.15, 0.2) is 0 Å². The number of ether oxygens (including phenoxy) is 1. The molecule has 0 bridgehead atoms. The van der Waals surface area contributed by atoms with Crippen LogP contribution >= 0.6 is 0 Å². The molecule has 74 heavy (non-hydrogen) atoms. The Morgan fingerprint density at radius 1 is 0.378 bits per heavy atom. The van der Waals surface area contributed by atoms with Gasteiger partial charge in [-0.15, -0.1) is 0 Å². The van der Waals surface area contributed by atoms with Gasteiger partial charge in [-0.05, 0) is 70.6 Å². The van der Waals surface area contributed by atoms with Crippen molar-refractivity contribution in [1.29, 1.82) is 0 Å². The van der Waals surface area contributed by atoms with Gasteiger partial charge in [0.2, 0.25) is 5.91 Å². The molecule has 0 aliphatic carbocycles. The number of hydrogen-bond acceptors (Lipinski definition) is 5. The van der Waals surface area contributed by atoms with E-state index in [9.17, 15) is 19.8 Å². The van der Waals surface area contributed by atoms with Crippen LogP contribution in [0.2, 0.25) is 0 Å². The number of allylic oxidation sites excluding steroid dienone is 5. The fraction of sp³-hybridized carbons (Fsp3) is 0.882. The molecule has 6 heteroatoms. The minimum Gasteiger partial charge on any atom is -0.466 e. The van der Waals surface area contributed by atoms with Crippen molar-refractivity contribution in [3.8, 4) is 0 Å². The summed E-state index contributed by atoms with van der Waals surface area (Å²) in [5.74, 6) is -0.0922. The maximum atomic E-state index is 12.5. The van der Waals surface area contributed by atoms with E-state index >= 15 is 0 Å². The van der Waals surface area contributed by atoms with Gasteiger partial charge in [-0.3, -0.25) is 9.59 Å². The third kappa shape index (κ3) is 59.3. The number of aliphatic hydroxyl groups is 2. The molecule has 0 aromatic heterocycles. The fourth-order valence-corrected chi connectivity index (χ4v) is 10.3. The maximum Gasteiger partial charge on any atom is 0.305 e. The lowest BCUT2D eigenvalue weighted by Crippen LogP contribution is -2.45. The summed E-state index contributed by atoms with van der Waals surface area (Å²) in [6, 6.07) is -0.641. The first kappa shape index (κ1) is 72.1. The second-order valence-corrected chi connectivity index (χ2v) is 22.8. The van der Waals surface area contributed by atoms with Crippen molar-refractivity contribution in [2.75, 3.05) is 13.2 Å². The molecule has 2 atom stereocenters. The largest absolute Gasteiger partial charge is 0.466 e. The summed E-state index contributed by atoms with van der Waals surface area (Å²) in [6.07, 6.45) is 80.6. The van der Waals surface area contributed by atoms with Crippen LogP contribution in [0.1, 0.15) is 361 Å². The number of hydrogen-bond donors (Lipinski definition) is 3. The Kier molecular flexibility index (Phi) is 62.0. The number of nitrogens with one attached hydrogen (secondary N) is 1. The predicted octanol–water partition coefficient (Wildman–Crippen LogP) is 21.1. The minimum absolute atomic E-state index is 0.0111. The van der Waals surface area contributed by atoms with Crippen LogP contribution in [-0.2, 0) is 14.3 Å². The van der Waals surface area contributed by atoms with Gasteiger partial charge in [0.1, 0.15) is 0 Å². The summed E-state index contributed by atoms with van der Waals surface area (Å²) in [5, 5.41) is 23.2. The molecular weight excluding hydrogens is 911 g/mol. The summed E-state index contributed by atoms with van der Waals surface area (Å²) >= 11 is 0. The number of carbonyl (C=O) groups excluding carboxylic acids is 2. The predicted molar refractivity (Wildman–Crippen MR) is 324 cm³/mol. The Labute approximate surface area is 462 Å². The molecule has 0 saturated carbocycles. The van der Waals surface area contributed by atoms with E-state index in [0.717, 1.165) is 83.5 Å². The number of aliphatic hydroxyl groups excluding tert-OH is 2. The number of carbonyl (C=O) groups is 2. The van der Waals surface area contributed by atoms with Crippen molar-refractivity contribution in [3.05, 3.63) is 36.5 Å².